The zero-order valence-electron chi connectivity index (χ0n) is 28.9. The maximum atomic E-state index is 12.1. The summed E-state index contributed by atoms with van der Waals surface area (Å²) in [4.78, 5) is 12.1. The smallest absolute Gasteiger partial charge is 0.306 e. The van der Waals surface area contributed by atoms with Crippen molar-refractivity contribution in [1.82, 2.24) is 0 Å². The summed E-state index contributed by atoms with van der Waals surface area (Å²) < 4.78 is 11.1. The van der Waals surface area contributed by atoms with E-state index >= 15 is 0 Å². The molecule has 0 aliphatic carbocycles. The highest BCUT2D eigenvalue weighted by Crippen LogP contribution is 2.12. The number of hydrogen-bond donors (Lipinski definition) is 1. The van der Waals surface area contributed by atoms with Gasteiger partial charge in [0.05, 0.1) is 13.2 Å². The van der Waals surface area contributed by atoms with Gasteiger partial charge in [0.25, 0.3) is 0 Å². The molecule has 0 aromatic heterocycles. The van der Waals surface area contributed by atoms with Gasteiger partial charge in [0.1, 0.15) is 6.10 Å². The van der Waals surface area contributed by atoms with Crippen LogP contribution < -0.4 is 0 Å². The molecule has 0 saturated carbocycles. The Morgan fingerprint density at radius 1 is 0.568 bits per heavy atom. The summed E-state index contributed by atoms with van der Waals surface area (Å²) in [5.41, 5.74) is 0. The molecule has 0 radical (unpaired) electrons. The van der Waals surface area contributed by atoms with E-state index in [4.69, 9.17) is 9.47 Å². The van der Waals surface area contributed by atoms with Gasteiger partial charge in [0.15, 0.2) is 0 Å². The van der Waals surface area contributed by atoms with E-state index in [1.54, 1.807) is 0 Å². The zero-order chi connectivity index (χ0) is 32.0. The largest absolute Gasteiger partial charge is 0.457 e. The number of carbonyl (C=O) groups excluding carboxylic acids is 1. The fourth-order valence-electron chi connectivity index (χ4n) is 4.88. The molecule has 254 valence electrons. The molecule has 0 rings (SSSR count). The summed E-state index contributed by atoms with van der Waals surface area (Å²) in [5.74, 6) is -0.211. The van der Waals surface area contributed by atoms with Gasteiger partial charge < -0.3 is 14.6 Å². The fraction of sp³-hybridized carbons (Fsp3) is 0.725. The van der Waals surface area contributed by atoms with Crippen molar-refractivity contribution in [1.29, 1.82) is 0 Å². The van der Waals surface area contributed by atoms with Crippen molar-refractivity contribution >= 4 is 5.97 Å². The Bertz CT molecular complexity index is 734. The summed E-state index contributed by atoms with van der Waals surface area (Å²) in [6, 6.07) is 0. The number of aliphatic hydroxyl groups is 1. The number of unbranched alkanes of at least 4 members (excludes halogenated alkanes) is 15. The first kappa shape index (κ1) is 42.1. The van der Waals surface area contributed by atoms with Crippen LogP contribution in [0.3, 0.4) is 0 Å². The molecule has 0 bridgehead atoms. The van der Waals surface area contributed by atoms with Crippen molar-refractivity contribution in [3.63, 3.8) is 0 Å². The topological polar surface area (TPSA) is 55.8 Å². The van der Waals surface area contributed by atoms with Crippen LogP contribution in [0.25, 0.3) is 0 Å². The Morgan fingerprint density at radius 3 is 1.55 bits per heavy atom. The van der Waals surface area contributed by atoms with Crippen LogP contribution in [0, 0.1) is 0 Å². The molecule has 1 unspecified atom stereocenters. The van der Waals surface area contributed by atoms with Crippen molar-refractivity contribution in [2.45, 2.75) is 168 Å². The predicted octanol–water partition coefficient (Wildman–Crippen LogP) is 11.7. The molecule has 4 heteroatoms. The Labute approximate surface area is 273 Å². The lowest BCUT2D eigenvalue weighted by atomic mass is 10.1. The SMILES string of the molecule is CC/C=C\C/C=C\C/C=C\C/C=C\C/C=C\CCCCCCCCOCC(CO)OC(=O)CCCCCCCCCCCC. The van der Waals surface area contributed by atoms with Crippen LogP contribution in [0.15, 0.2) is 60.8 Å². The van der Waals surface area contributed by atoms with E-state index in [1.807, 2.05) is 0 Å². The second kappa shape index (κ2) is 37.3. The highest BCUT2D eigenvalue weighted by molar-refractivity contribution is 5.69. The maximum Gasteiger partial charge on any atom is 0.306 e. The van der Waals surface area contributed by atoms with E-state index in [0.717, 1.165) is 64.2 Å². The van der Waals surface area contributed by atoms with Gasteiger partial charge in [-0.25, -0.2) is 0 Å². The standard InChI is InChI=1S/C40H70O4/c1-3-5-7-9-11-13-15-16-17-18-19-20-21-22-23-24-25-26-28-30-32-34-36-43-38-39(37-41)44-40(42)35-33-31-29-27-14-12-10-8-6-4-2/h5,7,11,13,16-17,19-20,22-23,39,41H,3-4,6,8-10,12,14-15,18,21,24-38H2,1-2H3/b7-5-,13-11-,17-16-,20-19-,23-22-. The fourth-order valence-corrected chi connectivity index (χ4v) is 4.88. The Morgan fingerprint density at radius 2 is 1.02 bits per heavy atom. The summed E-state index contributed by atoms with van der Waals surface area (Å²) in [7, 11) is 0. The van der Waals surface area contributed by atoms with Crippen molar-refractivity contribution in [2.24, 2.45) is 0 Å². The van der Waals surface area contributed by atoms with Gasteiger partial charge in [-0.1, -0.05) is 158 Å². The van der Waals surface area contributed by atoms with Crippen molar-refractivity contribution in [3.8, 4) is 0 Å². The van der Waals surface area contributed by atoms with Crippen LogP contribution in [0.2, 0.25) is 0 Å². The molecule has 0 heterocycles. The molecule has 1 atom stereocenters. The van der Waals surface area contributed by atoms with E-state index in [-0.39, 0.29) is 19.2 Å². The first-order valence-electron chi connectivity index (χ1n) is 18.4. The van der Waals surface area contributed by atoms with E-state index in [0.29, 0.717) is 13.0 Å². The lowest BCUT2D eigenvalue weighted by Gasteiger charge is -2.15. The number of hydrogen-bond acceptors (Lipinski definition) is 4. The van der Waals surface area contributed by atoms with Crippen molar-refractivity contribution < 1.29 is 19.4 Å². The van der Waals surface area contributed by atoms with Gasteiger partial charge in [0.2, 0.25) is 0 Å². The highest BCUT2D eigenvalue weighted by Gasteiger charge is 2.13. The molecule has 0 fully saturated rings. The summed E-state index contributed by atoms with van der Waals surface area (Å²) in [6.07, 6.45) is 48.3. The number of ether oxygens (including phenoxy) is 2. The lowest BCUT2D eigenvalue weighted by molar-refractivity contribution is -0.154. The molecule has 0 amide bonds. The third-order valence-corrected chi connectivity index (χ3v) is 7.61. The minimum atomic E-state index is -0.540. The van der Waals surface area contributed by atoms with Crippen molar-refractivity contribution in [2.75, 3.05) is 19.8 Å². The maximum absolute atomic E-state index is 12.1. The zero-order valence-corrected chi connectivity index (χ0v) is 28.9. The van der Waals surface area contributed by atoms with Gasteiger partial charge in [-0.3, -0.25) is 4.79 Å². The van der Waals surface area contributed by atoms with E-state index in [9.17, 15) is 9.90 Å². The average Bonchev–Trinajstić information content (AvgIpc) is 3.03. The van der Waals surface area contributed by atoms with Crippen LogP contribution >= 0.6 is 0 Å². The molecule has 0 aromatic carbocycles. The van der Waals surface area contributed by atoms with Gasteiger partial charge in [0, 0.05) is 13.0 Å². The molecule has 4 nitrogen and oxygen atoms in total. The number of allylic oxidation sites excluding steroid dienone is 10. The molecule has 0 aliphatic heterocycles. The van der Waals surface area contributed by atoms with Crippen LogP contribution in [-0.4, -0.2) is 37.0 Å². The number of carbonyl (C=O) groups is 1. The molecule has 1 N–H and O–H groups in total. The van der Waals surface area contributed by atoms with E-state index in [1.165, 1.54) is 77.0 Å². The van der Waals surface area contributed by atoms with Gasteiger partial charge in [-0.2, -0.15) is 0 Å². The van der Waals surface area contributed by atoms with Crippen LogP contribution in [-0.2, 0) is 14.3 Å². The predicted molar refractivity (Wildman–Crippen MR) is 191 cm³/mol. The number of esters is 1. The van der Waals surface area contributed by atoms with Gasteiger partial charge in [-0.05, 0) is 57.8 Å². The lowest BCUT2D eigenvalue weighted by Crippen LogP contribution is -2.27. The molecular weight excluding hydrogens is 544 g/mol. The number of rotatable bonds is 33. The number of aliphatic hydroxyl groups excluding tert-OH is 1. The molecule has 44 heavy (non-hydrogen) atoms. The first-order chi connectivity index (χ1) is 21.7. The minimum absolute atomic E-state index is 0.179. The first-order valence-corrected chi connectivity index (χ1v) is 18.4. The Balaban J connectivity index is 3.50. The molecular formula is C40H70O4. The Hall–Kier alpha value is -1.91. The Kier molecular flexibility index (Phi) is 35.7. The van der Waals surface area contributed by atoms with Crippen LogP contribution in [0.1, 0.15) is 162 Å². The quantitative estimate of drug-likeness (QED) is 0.0454. The second-order valence-corrected chi connectivity index (χ2v) is 11.9. The van der Waals surface area contributed by atoms with Gasteiger partial charge in [-0.15, -0.1) is 0 Å². The molecule has 0 saturated heterocycles. The van der Waals surface area contributed by atoms with E-state index in [2.05, 4.69) is 74.6 Å². The highest BCUT2D eigenvalue weighted by atomic mass is 16.6. The third kappa shape index (κ3) is 34.6. The summed E-state index contributed by atoms with van der Waals surface area (Å²) >= 11 is 0. The van der Waals surface area contributed by atoms with Gasteiger partial charge >= 0.3 is 5.97 Å². The molecule has 0 aromatic rings. The minimum Gasteiger partial charge on any atom is -0.457 e. The average molecular weight is 615 g/mol. The summed E-state index contributed by atoms with van der Waals surface area (Å²) in [6.45, 7) is 5.18. The monoisotopic (exact) mass is 615 g/mol. The third-order valence-electron chi connectivity index (χ3n) is 7.61. The van der Waals surface area contributed by atoms with Crippen LogP contribution in [0.4, 0.5) is 0 Å². The van der Waals surface area contributed by atoms with Crippen LogP contribution in [0.5, 0.6) is 0 Å². The molecule has 0 aliphatic rings. The normalized spacial score (nSPS) is 13.1. The second-order valence-electron chi connectivity index (χ2n) is 11.9. The van der Waals surface area contributed by atoms with Crippen molar-refractivity contribution in [3.05, 3.63) is 60.8 Å². The van der Waals surface area contributed by atoms with E-state index < -0.39 is 6.10 Å². The summed E-state index contributed by atoms with van der Waals surface area (Å²) in [5, 5.41) is 9.53. The molecule has 0 spiro atoms.